The van der Waals surface area contributed by atoms with Crippen LogP contribution in [0.3, 0.4) is 0 Å². The van der Waals surface area contributed by atoms with E-state index in [-0.39, 0.29) is 11.5 Å². The summed E-state index contributed by atoms with van der Waals surface area (Å²) in [5, 5.41) is 3.45. The molecule has 2 atom stereocenters. The first-order valence-corrected chi connectivity index (χ1v) is 7.38. The van der Waals surface area contributed by atoms with Crippen LogP contribution >= 0.6 is 0 Å². The molecule has 0 radical (unpaired) electrons. The topological polar surface area (TPSA) is 21.3 Å². The lowest BCUT2D eigenvalue weighted by Gasteiger charge is -2.23. The van der Waals surface area contributed by atoms with Crippen LogP contribution in [0.2, 0.25) is 0 Å². The van der Waals surface area contributed by atoms with Crippen molar-refractivity contribution in [2.75, 3.05) is 7.05 Å². The first-order valence-electron chi connectivity index (χ1n) is 7.38. The van der Waals surface area contributed by atoms with Crippen LogP contribution in [0.25, 0.3) is 0 Å². The molecule has 0 saturated heterocycles. The maximum atomic E-state index is 6.33. The van der Waals surface area contributed by atoms with Crippen molar-refractivity contribution in [3.8, 4) is 5.75 Å². The van der Waals surface area contributed by atoms with Crippen LogP contribution in [-0.2, 0) is 5.41 Å². The maximum absolute atomic E-state index is 6.33. The Labute approximate surface area is 117 Å². The van der Waals surface area contributed by atoms with E-state index in [0.29, 0.717) is 6.04 Å². The fourth-order valence-corrected chi connectivity index (χ4v) is 3.05. The van der Waals surface area contributed by atoms with Crippen molar-refractivity contribution < 1.29 is 4.74 Å². The van der Waals surface area contributed by atoms with Gasteiger partial charge in [0.15, 0.2) is 0 Å². The number of benzene rings is 1. The van der Waals surface area contributed by atoms with E-state index < -0.39 is 0 Å². The monoisotopic (exact) mass is 261 g/mol. The Morgan fingerprint density at radius 2 is 1.95 bits per heavy atom. The second-order valence-electron chi connectivity index (χ2n) is 6.63. The van der Waals surface area contributed by atoms with Crippen LogP contribution in [0.4, 0.5) is 0 Å². The molecular weight excluding hydrogens is 234 g/mol. The molecule has 2 nitrogen and oxygen atoms in total. The highest BCUT2D eigenvalue weighted by molar-refractivity contribution is 5.53. The summed E-state index contributed by atoms with van der Waals surface area (Å²) in [4.78, 5) is 0. The summed E-state index contributed by atoms with van der Waals surface area (Å²) >= 11 is 0. The van der Waals surface area contributed by atoms with E-state index in [4.69, 9.17) is 4.74 Å². The predicted octanol–water partition coefficient (Wildman–Crippen LogP) is 4.11. The molecule has 0 fully saturated rings. The molecule has 1 aromatic rings. The van der Waals surface area contributed by atoms with Gasteiger partial charge in [-0.15, -0.1) is 0 Å². The van der Waals surface area contributed by atoms with Gasteiger partial charge in [0.25, 0.3) is 0 Å². The summed E-state index contributed by atoms with van der Waals surface area (Å²) in [6.45, 7) is 11.2. The summed E-state index contributed by atoms with van der Waals surface area (Å²) in [7, 11) is 2.04. The van der Waals surface area contributed by atoms with Gasteiger partial charge < -0.3 is 10.1 Å². The Hall–Kier alpha value is -1.02. The van der Waals surface area contributed by atoms with E-state index in [2.05, 4.69) is 52.1 Å². The van der Waals surface area contributed by atoms with E-state index in [1.807, 2.05) is 7.05 Å². The van der Waals surface area contributed by atoms with Gasteiger partial charge in [-0.05, 0) is 36.9 Å². The smallest absolute Gasteiger partial charge is 0.128 e. The molecule has 19 heavy (non-hydrogen) atoms. The van der Waals surface area contributed by atoms with Gasteiger partial charge in [-0.3, -0.25) is 0 Å². The average molecular weight is 261 g/mol. The van der Waals surface area contributed by atoms with Crippen LogP contribution in [0.15, 0.2) is 12.1 Å². The largest absolute Gasteiger partial charge is 0.488 e. The van der Waals surface area contributed by atoms with Crippen LogP contribution in [0, 0.1) is 6.92 Å². The zero-order chi connectivity index (χ0) is 14.2. The van der Waals surface area contributed by atoms with E-state index in [0.717, 1.165) is 18.6 Å². The van der Waals surface area contributed by atoms with Gasteiger partial charge in [0, 0.05) is 5.56 Å². The molecule has 0 aliphatic carbocycles. The van der Waals surface area contributed by atoms with Gasteiger partial charge in [-0.1, -0.05) is 46.2 Å². The molecule has 0 bridgehead atoms. The molecule has 0 spiro atoms. The fourth-order valence-electron chi connectivity index (χ4n) is 3.05. The molecule has 1 N–H and O–H groups in total. The van der Waals surface area contributed by atoms with Crippen molar-refractivity contribution in [2.24, 2.45) is 0 Å². The quantitative estimate of drug-likeness (QED) is 0.884. The number of hydrogen-bond acceptors (Lipinski definition) is 2. The molecule has 2 rings (SSSR count). The number of ether oxygens (including phenoxy) is 1. The number of hydrogen-bond donors (Lipinski definition) is 1. The number of rotatable bonds is 3. The molecule has 2 heteroatoms. The van der Waals surface area contributed by atoms with Gasteiger partial charge in [-0.25, -0.2) is 0 Å². The fraction of sp³-hybridized carbons (Fsp3) is 0.647. The number of fused-ring (bicyclic) bond motifs is 1. The Bertz CT molecular complexity index is 459. The third-order valence-electron chi connectivity index (χ3n) is 4.06. The zero-order valence-corrected chi connectivity index (χ0v) is 13.1. The molecule has 1 heterocycles. The van der Waals surface area contributed by atoms with Crippen molar-refractivity contribution in [1.82, 2.24) is 5.32 Å². The van der Waals surface area contributed by atoms with Gasteiger partial charge in [-0.2, -0.15) is 0 Å². The average Bonchev–Trinajstić information content (AvgIpc) is 2.67. The minimum absolute atomic E-state index is 0.122. The zero-order valence-electron chi connectivity index (χ0n) is 13.1. The molecule has 1 aliphatic rings. The lowest BCUT2D eigenvalue weighted by Crippen LogP contribution is -2.28. The molecule has 1 aliphatic heterocycles. The van der Waals surface area contributed by atoms with Gasteiger partial charge in [0.2, 0.25) is 0 Å². The van der Waals surface area contributed by atoms with Crippen molar-refractivity contribution in [3.05, 3.63) is 28.8 Å². The number of nitrogens with one attached hydrogen (secondary N) is 1. The Morgan fingerprint density at radius 1 is 1.26 bits per heavy atom. The Balaban J connectivity index is 2.52. The summed E-state index contributed by atoms with van der Waals surface area (Å²) in [5.41, 5.74) is 4.15. The van der Waals surface area contributed by atoms with Gasteiger partial charge >= 0.3 is 0 Å². The third kappa shape index (κ3) is 2.51. The van der Waals surface area contributed by atoms with Crippen LogP contribution in [-0.4, -0.2) is 13.2 Å². The lowest BCUT2D eigenvalue weighted by atomic mass is 9.83. The van der Waals surface area contributed by atoms with Crippen molar-refractivity contribution in [2.45, 2.75) is 65.0 Å². The Morgan fingerprint density at radius 3 is 2.47 bits per heavy atom. The van der Waals surface area contributed by atoms with Crippen molar-refractivity contribution in [3.63, 3.8) is 0 Å². The van der Waals surface area contributed by atoms with Crippen molar-refractivity contribution >= 4 is 0 Å². The van der Waals surface area contributed by atoms with Gasteiger partial charge in [0.05, 0.1) is 6.04 Å². The van der Waals surface area contributed by atoms with Crippen LogP contribution in [0.1, 0.15) is 63.3 Å². The molecule has 106 valence electrons. The normalized spacial score (nSPS) is 22.2. The van der Waals surface area contributed by atoms with Crippen LogP contribution < -0.4 is 10.1 Å². The molecule has 1 aromatic carbocycles. The Kier molecular flexibility index (Phi) is 3.91. The van der Waals surface area contributed by atoms with E-state index in [1.54, 1.807) is 0 Å². The number of likely N-dealkylation sites (N-methyl/N-ethyl adjacent to an activating group) is 1. The summed E-state index contributed by atoms with van der Waals surface area (Å²) < 4.78 is 6.33. The summed E-state index contributed by atoms with van der Waals surface area (Å²) in [6.07, 6.45) is 2.52. The molecule has 0 amide bonds. The summed E-state index contributed by atoms with van der Waals surface area (Å²) in [6, 6.07) is 4.80. The highest BCUT2D eigenvalue weighted by atomic mass is 16.5. The van der Waals surface area contributed by atoms with E-state index in [1.165, 1.54) is 16.7 Å². The van der Waals surface area contributed by atoms with E-state index >= 15 is 0 Å². The number of aryl methyl sites for hydroxylation is 1. The highest BCUT2D eigenvalue weighted by Crippen LogP contribution is 2.46. The molecule has 0 saturated carbocycles. The highest BCUT2D eigenvalue weighted by Gasteiger charge is 2.37. The molecule has 2 unspecified atom stereocenters. The standard InChI is InChI=1S/C17H27NO/c1-7-8-13-15(18-6)14-11(2)9-10-12(16(14)19-13)17(3,4)5/h9-10,13,15,18H,7-8H2,1-6H3. The van der Waals surface area contributed by atoms with Gasteiger partial charge in [0.1, 0.15) is 11.9 Å². The minimum atomic E-state index is 0.122. The molecular formula is C17H27NO. The second-order valence-corrected chi connectivity index (χ2v) is 6.63. The van der Waals surface area contributed by atoms with Crippen molar-refractivity contribution in [1.29, 1.82) is 0 Å². The van der Waals surface area contributed by atoms with Crippen LogP contribution in [0.5, 0.6) is 5.75 Å². The third-order valence-corrected chi connectivity index (χ3v) is 4.06. The summed E-state index contributed by atoms with van der Waals surface area (Å²) in [5.74, 6) is 1.13. The predicted molar refractivity (Wildman–Crippen MR) is 81.0 cm³/mol. The maximum Gasteiger partial charge on any atom is 0.128 e. The second kappa shape index (κ2) is 5.16. The first-order chi connectivity index (χ1) is 8.90. The van der Waals surface area contributed by atoms with E-state index in [9.17, 15) is 0 Å². The minimum Gasteiger partial charge on any atom is -0.488 e. The lowest BCUT2D eigenvalue weighted by molar-refractivity contribution is 0.179. The molecule has 0 aromatic heterocycles. The first kappa shape index (κ1) is 14.4. The SMILES string of the molecule is CCCC1Oc2c(C(C)(C)C)ccc(C)c2C1NC.